The van der Waals surface area contributed by atoms with E-state index in [1.807, 2.05) is 6.92 Å². The highest BCUT2D eigenvalue weighted by Crippen LogP contribution is 2.42. The highest BCUT2D eigenvalue weighted by atomic mass is 32.1. The van der Waals surface area contributed by atoms with Crippen LogP contribution < -0.4 is 0 Å². The average molecular weight is 348 g/mol. The molecule has 4 heterocycles. The fourth-order valence-electron chi connectivity index (χ4n) is 3.22. The molecule has 23 heavy (non-hydrogen) atoms. The number of thiophene rings is 1. The molecule has 7 heteroatoms. The highest BCUT2D eigenvalue weighted by molar-refractivity contribution is 7.17. The van der Waals surface area contributed by atoms with Gasteiger partial charge < -0.3 is 5.11 Å². The molecule has 1 fully saturated rings. The van der Waals surface area contributed by atoms with E-state index in [0.717, 1.165) is 35.2 Å². The summed E-state index contributed by atoms with van der Waals surface area (Å²) in [5.74, 6) is 1.03. The number of aromatic nitrogens is 3. The van der Waals surface area contributed by atoms with Gasteiger partial charge in [0.05, 0.1) is 10.9 Å². The molecule has 0 bridgehead atoms. The van der Waals surface area contributed by atoms with Gasteiger partial charge >= 0.3 is 0 Å². The molecule has 1 atom stereocenters. The molecule has 1 saturated heterocycles. The summed E-state index contributed by atoms with van der Waals surface area (Å²) in [7, 11) is 0. The van der Waals surface area contributed by atoms with Crippen LogP contribution in [0.15, 0.2) is 17.5 Å². The van der Waals surface area contributed by atoms with E-state index in [-0.39, 0.29) is 11.9 Å². The normalized spacial score (nSPS) is 17.8. The summed E-state index contributed by atoms with van der Waals surface area (Å²) in [4.78, 5) is 10.0. The number of piperidine rings is 1. The summed E-state index contributed by atoms with van der Waals surface area (Å²) in [5, 5.41) is 17.3. The molecule has 1 aliphatic heterocycles. The van der Waals surface area contributed by atoms with Crippen LogP contribution in [0, 0.1) is 0 Å². The summed E-state index contributed by atoms with van der Waals surface area (Å²) in [6, 6.07) is 4.37. The fraction of sp³-hybridized carbons (Fsp3) is 0.500. The van der Waals surface area contributed by atoms with Crippen LogP contribution >= 0.6 is 22.7 Å². The maximum absolute atomic E-state index is 10.7. The molecule has 0 spiro atoms. The van der Waals surface area contributed by atoms with Crippen molar-refractivity contribution in [3.05, 3.63) is 33.1 Å². The van der Waals surface area contributed by atoms with E-state index in [1.54, 1.807) is 27.2 Å². The van der Waals surface area contributed by atoms with Crippen LogP contribution in [0.25, 0.3) is 4.96 Å². The smallest absolute Gasteiger partial charge is 0.230 e. The first-order valence-electron chi connectivity index (χ1n) is 8.12. The Morgan fingerprint density at radius 1 is 1.30 bits per heavy atom. The summed E-state index contributed by atoms with van der Waals surface area (Å²) in [6.07, 6.45) is 4.53. The number of aromatic hydroxyl groups is 1. The van der Waals surface area contributed by atoms with Crippen molar-refractivity contribution in [1.29, 1.82) is 0 Å². The van der Waals surface area contributed by atoms with E-state index in [9.17, 15) is 5.11 Å². The lowest BCUT2D eigenvalue weighted by Crippen LogP contribution is -2.33. The molecule has 3 aromatic heterocycles. The van der Waals surface area contributed by atoms with E-state index >= 15 is 0 Å². The number of hydrogen-bond acceptors (Lipinski definition) is 6. The predicted molar refractivity (Wildman–Crippen MR) is 93.5 cm³/mol. The van der Waals surface area contributed by atoms with Gasteiger partial charge in [0.15, 0.2) is 5.82 Å². The molecule has 0 unspecified atom stereocenters. The van der Waals surface area contributed by atoms with Crippen molar-refractivity contribution >= 4 is 27.6 Å². The Kier molecular flexibility index (Phi) is 4.09. The molecule has 1 N–H and O–H groups in total. The number of fused-ring (bicyclic) bond motifs is 1. The molecule has 0 radical (unpaired) electrons. The van der Waals surface area contributed by atoms with Crippen LogP contribution in [0.4, 0.5) is 0 Å². The second kappa shape index (κ2) is 6.22. The predicted octanol–water partition coefficient (Wildman–Crippen LogP) is 3.70. The second-order valence-corrected chi connectivity index (χ2v) is 7.87. The van der Waals surface area contributed by atoms with Crippen LogP contribution in [0.5, 0.6) is 5.88 Å². The van der Waals surface area contributed by atoms with Gasteiger partial charge in [-0.15, -0.1) is 16.4 Å². The standard InChI is InChI=1S/C16H20N4OS2/c1-2-12-17-16-20(18-12)15(21)14(23-16)13(11-7-6-10-22-11)19-8-4-3-5-9-19/h6-7,10,13,21H,2-5,8-9H2,1H3/t13-/m0/s1. The Morgan fingerprint density at radius 3 is 2.78 bits per heavy atom. The van der Waals surface area contributed by atoms with E-state index < -0.39 is 0 Å². The number of aryl methyl sites for hydroxylation is 1. The van der Waals surface area contributed by atoms with Gasteiger partial charge in [-0.3, -0.25) is 4.90 Å². The van der Waals surface area contributed by atoms with Gasteiger partial charge in [0.25, 0.3) is 0 Å². The molecule has 4 rings (SSSR count). The molecular weight excluding hydrogens is 328 g/mol. The SMILES string of the molecule is CCc1nc2sc([C@H](c3cccs3)N3CCCCC3)c(O)n2n1. The summed E-state index contributed by atoms with van der Waals surface area (Å²) in [6.45, 7) is 4.19. The first kappa shape index (κ1) is 15.1. The first-order chi connectivity index (χ1) is 11.3. The zero-order valence-corrected chi connectivity index (χ0v) is 14.7. The van der Waals surface area contributed by atoms with Gasteiger partial charge in [0.1, 0.15) is 0 Å². The van der Waals surface area contributed by atoms with E-state index in [2.05, 4.69) is 32.5 Å². The van der Waals surface area contributed by atoms with Crippen LogP contribution in [0.2, 0.25) is 0 Å². The van der Waals surface area contributed by atoms with E-state index in [1.165, 1.54) is 24.1 Å². The van der Waals surface area contributed by atoms with Crippen molar-refractivity contribution < 1.29 is 5.11 Å². The summed E-state index contributed by atoms with van der Waals surface area (Å²) < 4.78 is 1.60. The lowest BCUT2D eigenvalue weighted by Gasteiger charge is -2.33. The molecule has 0 aromatic carbocycles. The maximum atomic E-state index is 10.7. The largest absolute Gasteiger partial charge is 0.492 e. The van der Waals surface area contributed by atoms with Gasteiger partial charge in [0, 0.05) is 11.3 Å². The Hall–Kier alpha value is -1.44. The van der Waals surface area contributed by atoms with Gasteiger partial charge in [-0.25, -0.2) is 4.98 Å². The van der Waals surface area contributed by atoms with Crippen molar-refractivity contribution in [2.45, 2.75) is 38.6 Å². The number of likely N-dealkylation sites (tertiary alicyclic amines) is 1. The van der Waals surface area contributed by atoms with Crippen molar-refractivity contribution in [1.82, 2.24) is 19.5 Å². The molecule has 0 aliphatic carbocycles. The van der Waals surface area contributed by atoms with Gasteiger partial charge in [-0.05, 0) is 37.4 Å². The van der Waals surface area contributed by atoms with Crippen molar-refractivity contribution in [2.75, 3.05) is 13.1 Å². The lowest BCUT2D eigenvalue weighted by molar-refractivity contribution is 0.188. The van der Waals surface area contributed by atoms with Crippen molar-refractivity contribution in [2.24, 2.45) is 0 Å². The second-order valence-electron chi connectivity index (χ2n) is 5.88. The zero-order valence-electron chi connectivity index (χ0n) is 13.1. The molecular formula is C16H20N4OS2. The third-order valence-electron chi connectivity index (χ3n) is 4.38. The third kappa shape index (κ3) is 2.66. The fourth-order valence-corrected chi connectivity index (χ4v) is 5.29. The van der Waals surface area contributed by atoms with Crippen LogP contribution in [-0.2, 0) is 6.42 Å². The first-order valence-corrected chi connectivity index (χ1v) is 9.82. The van der Waals surface area contributed by atoms with Gasteiger partial charge in [0.2, 0.25) is 10.8 Å². The number of thiazole rings is 1. The van der Waals surface area contributed by atoms with Gasteiger partial charge in [-0.2, -0.15) is 4.52 Å². The molecule has 5 nitrogen and oxygen atoms in total. The molecule has 0 saturated carbocycles. The molecule has 3 aromatic rings. The number of rotatable bonds is 4. The van der Waals surface area contributed by atoms with Crippen molar-refractivity contribution in [3.8, 4) is 5.88 Å². The van der Waals surface area contributed by atoms with E-state index in [0.29, 0.717) is 0 Å². The third-order valence-corrected chi connectivity index (χ3v) is 6.37. The minimum Gasteiger partial charge on any atom is -0.492 e. The molecule has 122 valence electrons. The maximum Gasteiger partial charge on any atom is 0.230 e. The summed E-state index contributed by atoms with van der Waals surface area (Å²) >= 11 is 3.32. The Bertz CT molecular complexity index is 787. The van der Waals surface area contributed by atoms with Crippen LogP contribution in [0.1, 0.15) is 47.8 Å². The quantitative estimate of drug-likeness (QED) is 0.781. The van der Waals surface area contributed by atoms with Gasteiger partial charge in [-0.1, -0.05) is 30.7 Å². The Balaban J connectivity index is 1.79. The van der Waals surface area contributed by atoms with Crippen molar-refractivity contribution in [3.63, 3.8) is 0 Å². The average Bonchev–Trinajstić information content (AvgIpc) is 3.29. The minimum absolute atomic E-state index is 0.119. The van der Waals surface area contributed by atoms with Crippen LogP contribution in [-0.4, -0.2) is 37.7 Å². The minimum atomic E-state index is 0.119. The zero-order chi connectivity index (χ0) is 15.8. The lowest BCUT2D eigenvalue weighted by atomic mass is 10.1. The highest BCUT2D eigenvalue weighted by Gasteiger charge is 2.30. The molecule has 1 aliphatic rings. The number of hydrogen-bond donors (Lipinski definition) is 1. The van der Waals surface area contributed by atoms with E-state index in [4.69, 9.17) is 0 Å². The monoisotopic (exact) mass is 348 g/mol. The Labute approximate surface area is 143 Å². The Morgan fingerprint density at radius 2 is 2.13 bits per heavy atom. The molecule has 0 amide bonds. The summed E-state index contributed by atoms with van der Waals surface area (Å²) in [5.41, 5.74) is 0. The topological polar surface area (TPSA) is 53.7 Å². The van der Waals surface area contributed by atoms with Crippen LogP contribution in [0.3, 0.4) is 0 Å². The number of nitrogens with zero attached hydrogens (tertiary/aromatic N) is 4.